The van der Waals surface area contributed by atoms with E-state index in [9.17, 15) is 22.0 Å². The number of benzene rings is 1. The van der Waals surface area contributed by atoms with Crippen LogP contribution in [0, 0.1) is 11.6 Å². The molecule has 22 heavy (non-hydrogen) atoms. The van der Waals surface area contributed by atoms with Crippen molar-refractivity contribution in [2.24, 2.45) is 0 Å². The number of carbonyl (C=O) groups is 1. The van der Waals surface area contributed by atoms with Crippen molar-refractivity contribution >= 4 is 15.9 Å². The smallest absolute Gasteiger partial charge is 0.257 e. The van der Waals surface area contributed by atoms with Gasteiger partial charge >= 0.3 is 0 Å². The van der Waals surface area contributed by atoms with Gasteiger partial charge in [-0.3, -0.25) is 4.79 Å². The van der Waals surface area contributed by atoms with E-state index < -0.39 is 27.6 Å². The van der Waals surface area contributed by atoms with Crippen molar-refractivity contribution in [3.8, 4) is 0 Å². The molecule has 8 heteroatoms. The molecule has 0 unspecified atom stereocenters. The minimum absolute atomic E-state index is 0.0689. The van der Waals surface area contributed by atoms with Crippen molar-refractivity contribution in [2.75, 3.05) is 31.9 Å². The van der Waals surface area contributed by atoms with Gasteiger partial charge in [0, 0.05) is 26.2 Å². The summed E-state index contributed by atoms with van der Waals surface area (Å²) in [7, 11) is -3.30. The molecule has 5 nitrogen and oxygen atoms in total. The van der Waals surface area contributed by atoms with Crippen LogP contribution in [-0.2, 0) is 10.0 Å². The van der Waals surface area contributed by atoms with E-state index in [1.165, 1.54) is 9.21 Å². The molecule has 0 N–H and O–H groups in total. The van der Waals surface area contributed by atoms with Gasteiger partial charge in [0.2, 0.25) is 10.0 Å². The van der Waals surface area contributed by atoms with Crippen molar-refractivity contribution in [3.63, 3.8) is 0 Å². The van der Waals surface area contributed by atoms with Crippen LogP contribution in [-0.4, -0.2) is 55.5 Å². The van der Waals surface area contributed by atoms with Crippen molar-refractivity contribution in [1.82, 2.24) is 9.21 Å². The summed E-state index contributed by atoms with van der Waals surface area (Å²) in [5.41, 5.74) is -0.329. The van der Waals surface area contributed by atoms with E-state index in [1.807, 2.05) is 0 Å². The van der Waals surface area contributed by atoms with Gasteiger partial charge in [0.1, 0.15) is 11.6 Å². The molecule has 0 bridgehead atoms. The first-order valence-electron chi connectivity index (χ1n) is 7.07. The van der Waals surface area contributed by atoms with Gasteiger partial charge in [-0.2, -0.15) is 4.31 Å². The number of hydrogen-bond donors (Lipinski definition) is 0. The number of hydrogen-bond acceptors (Lipinski definition) is 3. The Balaban J connectivity index is 2.05. The molecule has 0 spiro atoms. The van der Waals surface area contributed by atoms with E-state index in [0.29, 0.717) is 6.42 Å². The zero-order valence-electron chi connectivity index (χ0n) is 12.3. The van der Waals surface area contributed by atoms with Gasteiger partial charge in [0.05, 0.1) is 11.3 Å². The lowest BCUT2D eigenvalue weighted by Gasteiger charge is -2.34. The van der Waals surface area contributed by atoms with Crippen LogP contribution in [0.2, 0.25) is 0 Å². The van der Waals surface area contributed by atoms with E-state index in [1.54, 1.807) is 6.92 Å². The second-order valence-electron chi connectivity index (χ2n) is 5.13. The minimum atomic E-state index is -3.30. The number of halogens is 2. The van der Waals surface area contributed by atoms with E-state index in [-0.39, 0.29) is 37.5 Å². The fraction of sp³-hybridized carbons (Fsp3) is 0.500. The predicted octanol–water partition coefficient (Wildman–Crippen LogP) is 1.46. The van der Waals surface area contributed by atoms with Gasteiger partial charge in [-0.15, -0.1) is 0 Å². The first-order chi connectivity index (χ1) is 10.3. The van der Waals surface area contributed by atoms with Crippen LogP contribution in [0.5, 0.6) is 0 Å². The minimum Gasteiger partial charge on any atom is -0.336 e. The molecule has 1 aliphatic rings. The highest BCUT2D eigenvalue weighted by Gasteiger charge is 2.29. The SMILES string of the molecule is CCCS(=O)(=O)N1CCN(C(=O)c2cc(F)ccc2F)CC1. The molecule has 1 aromatic carbocycles. The van der Waals surface area contributed by atoms with Crippen LogP contribution in [0.15, 0.2) is 18.2 Å². The second-order valence-corrected chi connectivity index (χ2v) is 7.22. The van der Waals surface area contributed by atoms with E-state index in [4.69, 9.17) is 0 Å². The summed E-state index contributed by atoms with van der Waals surface area (Å²) in [5.74, 6) is -2.02. The molecule has 122 valence electrons. The Kier molecular flexibility index (Phi) is 5.12. The van der Waals surface area contributed by atoms with E-state index >= 15 is 0 Å². The Morgan fingerprint density at radius 1 is 1.18 bits per heavy atom. The third-order valence-corrected chi connectivity index (χ3v) is 5.62. The zero-order valence-corrected chi connectivity index (χ0v) is 13.1. The Morgan fingerprint density at radius 3 is 2.41 bits per heavy atom. The Bertz CT molecular complexity index is 656. The van der Waals surface area contributed by atoms with Crippen molar-refractivity contribution in [3.05, 3.63) is 35.4 Å². The number of nitrogens with zero attached hydrogens (tertiary/aromatic N) is 2. The van der Waals surface area contributed by atoms with Crippen molar-refractivity contribution in [2.45, 2.75) is 13.3 Å². The van der Waals surface area contributed by atoms with Crippen molar-refractivity contribution in [1.29, 1.82) is 0 Å². The van der Waals surface area contributed by atoms with Crippen LogP contribution in [0.3, 0.4) is 0 Å². The summed E-state index contributed by atoms with van der Waals surface area (Å²) in [6, 6.07) is 2.71. The van der Waals surface area contributed by atoms with Gasteiger partial charge in [-0.05, 0) is 24.6 Å². The number of sulfonamides is 1. The fourth-order valence-electron chi connectivity index (χ4n) is 2.39. The summed E-state index contributed by atoms with van der Waals surface area (Å²) >= 11 is 0. The molecule has 1 aliphatic heterocycles. The third-order valence-electron chi connectivity index (χ3n) is 3.54. The second kappa shape index (κ2) is 6.70. The molecule has 1 saturated heterocycles. The summed E-state index contributed by atoms with van der Waals surface area (Å²) < 4.78 is 52.0. The van der Waals surface area contributed by atoms with Crippen LogP contribution in [0.1, 0.15) is 23.7 Å². The standard InChI is InChI=1S/C14H18F2N2O3S/c1-2-9-22(20,21)18-7-5-17(6-8-18)14(19)12-10-11(15)3-4-13(12)16/h3-4,10H,2,5-9H2,1H3. The lowest BCUT2D eigenvalue weighted by molar-refractivity contribution is 0.0692. The number of carbonyl (C=O) groups excluding carboxylic acids is 1. The average Bonchev–Trinajstić information content (AvgIpc) is 2.49. The number of rotatable bonds is 4. The van der Waals surface area contributed by atoms with Crippen LogP contribution in [0.4, 0.5) is 8.78 Å². The van der Waals surface area contributed by atoms with E-state index in [2.05, 4.69) is 0 Å². The summed E-state index contributed by atoms with van der Waals surface area (Å²) in [4.78, 5) is 13.5. The fourth-order valence-corrected chi connectivity index (χ4v) is 3.88. The maximum Gasteiger partial charge on any atom is 0.257 e. The molecule has 1 fully saturated rings. The molecule has 2 rings (SSSR count). The normalized spacial score (nSPS) is 16.8. The summed E-state index contributed by atoms with van der Waals surface area (Å²) in [6.07, 6.45) is 0.524. The Morgan fingerprint density at radius 2 is 1.82 bits per heavy atom. The quantitative estimate of drug-likeness (QED) is 0.839. The van der Waals surface area contributed by atoms with Crippen LogP contribution >= 0.6 is 0 Å². The highest BCUT2D eigenvalue weighted by atomic mass is 32.2. The van der Waals surface area contributed by atoms with Crippen molar-refractivity contribution < 1.29 is 22.0 Å². The predicted molar refractivity (Wildman–Crippen MR) is 77.9 cm³/mol. The van der Waals surface area contributed by atoms with Gasteiger partial charge in [-0.1, -0.05) is 6.92 Å². The highest BCUT2D eigenvalue weighted by Crippen LogP contribution is 2.15. The maximum absolute atomic E-state index is 13.6. The topological polar surface area (TPSA) is 57.7 Å². The van der Waals surface area contributed by atoms with Gasteiger partial charge in [0.15, 0.2) is 0 Å². The number of amides is 1. The Hall–Kier alpha value is -1.54. The number of piperazine rings is 1. The highest BCUT2D eigenvalue weighted by molar-refractivity contribution is 7.89. The molecule has 1 heterocycles. The molecule has 0 aromatic heterocycles. The largest absolute Gasteiger partial charge is 0.336 e. The van der Waals surface area contributed by atoms with Crippen LogP contribution in [0.25, 0.3) is 0 Å². The van der Waals surface area contributed by atoms with Gasteiger partial charge in [-0.25, -0.2) is 17.2 Å². The first-order valence-corrected chi connectivity index (χ1v) is 8.68. The lowest BCUT2D eigenvalue weighted by Crippen LogP contribution is -2.51. The summed E-state index contributed by atoms with van der Waals surface area (Å²) in [5, 5.41) is 0. The first kappa shape index (κ1) is 16.8. The zero-order chi connectivity index (χ0) is 16.3. The monoisotopic (exact) mass is 332 g/mol. The van der Waals surface area contributed by atoms with E-state index in [0.717, 1.165) is 18.2 Å². The molecular formula is C14H18F2N2O3S. The average molecular weight is 332 g/mol. The molecule has 0 saturated carbocycles. The molecular weight excluding hydrogens is 314 g/mol. The lowest BCUT2D eigenvalue weighted by atomic mass is 10.1. The molecule has 0 atom stereocenters. The molecule has 0 radical (unpaired) electrons. The maximum atomic E-state index is 13.6. The Labute approximate surface area is 128 Å². The molecule has 0 aliphatic carbocycles. The van der Waals surface area contributed by atoms with Gasteiger partial charge < -0.3 is 4.90 Å². The molecule has 1 aromatic rings. The van der Waals surface area contributed by atoms with Crippen LogP contribution < -0.4 is 0 Å². The third kappa shape index (κ3) is 3.61. The van der Waals surface area contributed by atoms with Gasteiger partial charge in [0.25, 0.3) is 5.91 Å². The summed E-state index contributed by atoms with van der Waals surface area (Å²) in [6.45, 7) is 2.45. The molecule has 1 amide bonds.